The second-order valence-electron chi connectivity index (χ2n) is 11.5. The molecule has 11 heteroatoms. The number of likely N-dealkylation sites (tertiary alicyclic amines) is 1. The fourth-order valence-corrected chi connectivity index (χ4v) is 6.11. The van der Waals surface area contributed by atoms with E-state index in [1.807, 2.05) is 24.0 Å². The molecule has 4 aromatic rings. The third-order valence-corrected chi connectivity index (χ3v) is 8.80. The van der Waals surface area contributed by atoms with Crippen LogP contribution >= 0.6 is 11.6 Å². The maximum absolute atomic E-state index is 6.63. The van der Waals surface area contributed by atoms with Gasteiger partial charge in [-0.25, -0.2) is 9.97 Å². The molecule has 2 aliphatic rings. The molecule has 5 heterocycles. The Kier molecular flexibility index (Phi) is 8.32. The van der Waals surface area contributed by atoms with E-state index in [1.165, 1.54) is 5.69 Å². The first-order valence-corrected chi connectivity index (χ1v) is 15.2. The zero-order chi connectivity index (χ0) is 28.3. The van der Waals surface area contributed by atoms with Crippen molar-refractivity contribution in [1.29, 1.82) is 0 Å². The number of benzene rings is 1. The van der Waals surface area contributed by atoms with Crippen LogP contribution in [0.2, 0.25) is 5.02 Å². The molecular formula is C30H41ClN10. The van der Waals surface area contributed by atoms with Crippen LogP contribution in [0.15, 0.2) is 42.7 Å². The van der Waals surface area contributed by atoms with E-state index in [2.05, 4.69) is 78.5 Å². The Bertz CT molecular complexity index is 1430. The average molecular weight is 577 g/mol. The summed E-state index contributed by atoms with van der Waals surface area (Å²) in [5.74, 6) is 1.87. The number of piperazine rings is 1. The molecule has 0 spiro atoms. The Morgan fingerprint density at radius 2 is 1.78 bits per heavy atom. The number of nitrogens with zero attached hydrogens (tertiary/aromatic N) is 7. The quantitative estimate of drug-likeness (QED) is 0.268. The minimum atomic E-state index is 0.380. The number of aromatic amines is 1. The number of nitrogens with one attached hydrogen (secondary N) is 3. The molecule has 2 aliphatic heterocycles. The topological polar surface area (TPSA) is 93.2 Å². The molecule has 0 radical (unpaired) electrons. The number of pyridine rings is 1. The van der Waals surface area contributed by atoms with Crippen LogP contribution in [0.3, 0.4) is 0 Å². The summed E-state index contributed by atoms with van der Waals surface area (Å²) in [6.45, 7) is 12.8. The first-order valence-electron chi connectivity index (χ1n) is 14.8. The molecule has 10 nitrogen and oxygen atoms in total. The lowest BCUT2D eigenvalue weighted by molar-refractivity contribution is 0.177. The van der Waals surface area contributed by atoms with Crippen molar-refractivity contribution in [3.63, 3.8) is 0 Å². The van der Waals surface area contributed by atoms with Gasteiger partial charge >= 0.3 is 0 Å². The van der Waals surface area contributed by atoms with Gasteiger partial charge in [0.1, 0.15) is 17.2 Å². The van der Waals surface area contributed by atoms with Crippen LogP contribution in [0.4, 0.5) is 17.2 Å². The van der Waals surface area contributed by atoms with Crippen LogP contribution in [0.25, 0.3) is 22.6 Å². The van der Waals surface area contributed by atoms with Gasteiger partial charge in [-0.2, -0.15) is 5.10 Å². The van der Waals surface area contributed by atoms with Gasteiger partial charge in [0.15, 0.2) is 5.65 Å². The summed E-state index contributed by atoms with van der Waals surface area (Å²) < 4.78 is 1.87. The highest BCUT2D eigenvalue weighted by molar-refractivity contribution is 6.34. The maximum Gasteiger partial charge on any atom is 0.159 e. The third-order valence-electron chi connectivity index (χ3n) is 8.51. The summed E-state index contributed by atoms with van der Waals surface area (Å²) in [7, 11) is 1.96. The van der Waals surface area contributed by atoms with Crippen molar-refractivity contribution in [2.45, 2.75) is 38.8 Å². The van der Waals surface area contributed by atoms with Crippen molar-refractivity contribution in [3.8, 4) is 11.4 Å². The minimum Gasteiger partial charge on any atom is -0.379 e. The van der Waals surface area contributed by atoms with E-state index in [1.54, 1.807) is 6.20 Å². The van der Waals surface area contributed by atoms with E-state index in [4.69, 9.17) is 16.6 Å². The largest absolute Gasteiger partial charge is 0.379 e. The van der Waals surface area contributed by atoms with Crippen molar-refractivity contribution in [2.75, 3.05) is 67.9 Å². The molecule has 2 saturated heterocycles. The molecule has 3 N–H and O–H groups in total. The molecule has 1 aromatic carbocycles. The van der Waals surface area contributed by atoms with Crippen molar-refractivity contribution in [2.24, 2.45) is 7.05 Å². The molecule has 0 saturated carbocycles. The monoisotopic (exact) mass is 576 g/mol. The van der Waals surface area contributed by atoms with Gasteiger partial charge in [-0.3, -0.25) is 9.58 Å². The molecular weight excluding hydrogens is 536 g/mol. The summed E-state index contributed by atoms with van der Waals surface area (Å²) in [4.78, 5) is 20.4. The number of aryl methyl sites for hydroxylation is 1. The molecule has 2 fully saturated rings. The Hall–Kier alpha value is -3.34. The fraction of sp³-hybridized carbons (Fsp3) is 0.500. The molecule has 0 bridgehead atoms. The van der Waals surface area contributed by atoms with Crippen LogP contribution in [0.5, 0.6) is 0 Å². The van der Waals surface area contributed by atoms with E-state index in [0.29, 0.717) is 17.1 Å². The van der Waals surface area contributed by atoms with E-state index in [9.17, 15) is 0 Å². The Morgan fingerprint density at radius 3 is 2.46 bits per heavy atom. The fourth-order valence-electron chi connectivity index (χ4n) is 5.92. The average Bonchev–Trinajstić information content (AvgIpc) is 3.61. The highest BCUT2D eigenvalue weighted by atomic mass is 35.5. The summed E-state index contributed by atoms with van der Waals surface area (Å²) >= 11 is 6.63. The standard InChI is InChI=1S/C30H41ClN10/c1-21(2)40-13-9-23(10-14-40)35-27-25(31)20-33-30-28(27)36-29(37-30)22-4-6-24(7-5-22)41-18-16-39(17-19-41)15-12-32-26-8-11-34-38(26)3/h4-8,11,20-21,23,32H,9-10,12-19H2,1-3H3,(H2,33,35,36,37). The van der Waals surface area contributed by atoms with Gasteiger partial charge in [0, 0.05) is 88.8 Å². The van der Waals surface area contributed by atoms with Crippen molar-refractivity contribution < 1.29 is 0 Å². The Balaban J connectivity index is 1.06. The predicted octanol–water partition coefficient (Wildman–Crippen LogP) is 4.53. The van der Waals surface area contributed by atoms with Gasteiger partial charge in [-0.15, -0.1) is 0 Å². The Labute approximate surface area is 247 Å². The Morgan fingerprint density at radius 1 is 1.02 bits per heavy atom. The number of aromatic nitrogens is 5. The minimum absolute atomic E-state index is 0.380. The maximum atomic E-state index is 6.63. The normalized spacial score (nSPS) is 17.5. The number of halogens is 1. The lowest BCUT2D eigenvalue weighted by atomic mass is 10.0. The van der Waals surface area contributed by atoms with E-state index in [-0.39, 0.29) is 0 Å². The number of hydrogen-bond acceptors (Lipinski definition) is 8. The predicted molar refractivity (Wildman–Crippen MR) is 168 cm³/mol. The molecule has 218 valence electrons. The molecule has 0 unspecified atom stereocenters. The van der Waals surface area contributed by atoms with Crippen LogP contribution in [0.1, 0.15) is 26.7 Å². The third kappa shape index (κ3) is 6.29. The van der Waals surface area contributed by atoms with E-state index in [0.717, 1.165) is 99.3 Å². The van der Waals surface area contributed by atoms with Crippen molar-refractivity contribution in [1.82, 2.24) is 34.5 Å². The van der Waals surface area contributed by atoms with Gasteiger partial charge < -0.3 is 25.4 Å². The summed E-state index contributed by atoms with van der Waals surface area (Å²) in [6, 6.07) is 11.7. The number of piperidine rings is 1. The first-order chi connectivity index (χ1) is 19.9. The lowest BCUT2D eigenvalue weighted by Gasteiger charge is -2.36. The SMILES string of the molecule is CC(C)N1CCC(Nc2c(Cl)cnc3[nH]c(-c4ccc(N5CCN(CCNc6ccnn6C)CC5)cc4)nc23)CC1. The van der Waals surface area contributed by atoms with Crippen LogP contribution in [0, 0.1) is 0 Å². The first kappa shape index (κ1) is 27.8. The second-order valence-corrected chi connectivity index (χ2v) is 11.9. The van der Waals surface area contributed by atoms with E-state index < -0.39 is 0 Å². The number of hydrogen-bond donors (Lipinski definition) is 3. The molecule has 6 rings (SSSR count). The van der Waals surface area contributed by atoms with E-state index >= 15 is 0 Å². The van der Waals surface area contributed by atoms with Crippen molar-refractivity contribution >= 4 is 40.0 Å². The summed E-state index contributed by atoms with van der Waals surface area (Å²) in [5.41, 5.74) is 4.72. The highest BCUT2D eigenvalue weighted by Gasteiger charge is 2.23. The highest BCUT2D eigenvalue weighted by Crippen LogP contribution is 2.33. The number of H-pyrrole nitrogens is 1. The molecule has 41 heavy (non-hydrogen) atoms. The zero-order valence-corrected chi connectivity index (χ0v) is 25.0. The van der Waals surface area contributed by atoms with Gasteiger partial charge in [0.2, 0.25) is 0 Å². The molecule has 0 amide bonds. The number of fused-ring (bicyclic) bond motifs is 1. The second kappa shape index (κ2) is 12.3. The van der Waals surface area contributed by atoms with Crippen LogP contribution in [-0.4, -0.2) is 99.0 Å². The van der Waals surface area contributed by atoms with Gasteiger partial charge in [0.25, 0.3) is 0 Å². The van der Waals surface area contributed by atoms with Gasteiger partial charge in [0.05, 0.1) is 23.1 Å². The van der Waals surface area contributed by atoms with Crippen molar-refractivity contribution in [3.05, 3.63) is 47.7 Å². The van der Waals surface area contributed by atoms with Crippen LogP contribution < -0.4 is 15.5 Å². The zero-order valence-electron chi connectivity index (χ0n) is 24.3. The lowest BCUT2D eigenvalue weighted by Crippen LogP contribution is -2.47. The number of imidazole rings is 1. The molecule has 0 aliphatic carbocycles. The molecule has 0 atom stereocenters. The van der Waals surface area contributed by atoms with Crippen LogP contribution in [-0.2, 0) is 7.05 Å². The smallest absolute Gasteiger partial charge is 0.159 e. The summed E-state index contributed by atoms with van der Waals surface area (Å²) in [6.07, 6.45) is 5.72. The summed E-state index contributed by atoms with van der Waals surface area (Å²) in [5, 5.41) is 12.0. The number of anilines is 3. The van der Waals surface area contributed by atoms with Gasteiger partial charge in [-0.05, 0) is 51.0 Å². The van der Waals surface area contributed by atoms with Gasteiger partial charge in [-0.1, -0.05) is 11.6 Å². The number of rotatable bonds is 9. The molecule has 3 aromatic heterocycles.